The first-order chi connectivity index (χ1) is 17.0. The zero-order chi connectivity index (χ0) is 27.1. The quantitative estimate of drug-likeness (QED) is 0.0981. The Morgan fingerprint density at radius 1 is 0.611 bits per heavy atom. The van der Waals surface area contributed by atoms with Gasteiger partial charge in [0.2, 0.25) is 0 Å². The molecule has 1 atom stereocenters. The number of ether oxygens (including phenoxy) is 3. The summed E-state index contributed by atoms with van der Waals surface area (Å²) in [7, 11) is 0. The summed E-state index contributed by atoms with van der Waals surface area (Å²) in [6, 6.07) is 1.60. The van der Waals surface area contributed by atoms with Gasteiger partial charge in [0.15, 0.2) is 11.6 Å². The molecular formula is C30H51F3O3. The van der Waals surface area contributed by atoms with Crippen LogP contribution in [0.4, 0.5) is 13.2 Å². The molecule has 6 heteroatoms. The Morgan fingerprint density at radius 3 is 1.56 bits per heavy atom. The Hall–Kier alpha value is -1.11. The van der Waals surface area contributed by atoms with Crippen LogP contribution >= 0.6 is 0 Å². The highest BCUT2D eigenvalue weighted by Crippen LogP contribution is 2.37. The predicted molar refractivity (Wildman–Crippen MR) is 141 cm³/mol. The van der Waals surface area contributed by atoms with Crippen LogP contribution in [0.3, 0.4) is 0 Å². The maximum Gasteiger partial charge on any atom is 0.286 e. The van der Waals surface area contributed by atoms with Gasteiger partial charge in [0.05, 0.1) is 18.3 Å². The average Bonchev–Trinajstić information content (AvgIpc) is 2.76. The molecule has 0 aliphatic rings. The van der Waals surface area contributed by atoms with Crippen molar-refractivity contribution in [3.05, 3.63) is 35.1 Å². The normalized spacial score (nSPS) is 13.4. The van der Waals surface area contributed by atoms with Gasteiger partial charge in [0, 0.05) is 12.0 Å². The van der Waals surface area contributed by atoms with Gasteiger partial charge in [-0.2, -0.15) is 0 Å². The van der Waals surface area contributed by atoms with Gasteiger partial charge in [-0.15, -0.1) is 0 Å². The second-order valence-corrected chi connectivity index (χ2v) is 10.8. The van der Waals surface area contributed by atoms with E-state index in [2.05, 4.69) is 6.92 Å². The SMILES string of the molecule is CCCCCCCCC(CCCCCc1cc(F)c(F)cc1F)C(OC(C)C)(OC(C)C)OC(C)C. The third-order valence-corrected chi connectivity index (χ3v) is 6.19. The molecule has 0 aliphatic heterocycles. The molecule has 0 saturated heterocycles. The standard InChI is InChI=1S/C30H51F3O3/c1-8-9-10-11-12-15-18-26(30(34-22(2)3,35-23(4)5)36-24(6)7)19-16-13-14-17-25-20-28(32)29(33)21-27(25)31/h20-24,26H,8-19H2,1-7H3. The van der Waals surface area contributed by atoms with Crippen molar-refractivity contribution in [1.29, 1.82) is 0 Å². The number of halogens is 3. The van der Waals surface area contributed by atoms with Gasteiger partial charge in [-0.05, 0) is 78.9 Å². The molecule has 1 unspecified atom stereocenters. The molecule has 1 rings (SSSR count). The molecule has 0 heterocycles. The summed E-state index contributed by atoms with van der Waals surface area (Å²) in [6.45, 7) is 14.2. The summed E-state index contributed by atoms with van der Waals surface area (Å²) >= 11 is 0. The van der Waals surface area contributed by atoms with E-state index in [4.69, 9.17) is 14.2 Å². The lowest BCUT2D eigenvalue weighted by atomic mass is 9.91. The third-order valence-electron chi connectivity index (χ3n) is 6.19. The topological polar surface area (TPSA) is 27.7 Å². The molecule has 210 valence electrons. The van der Waals surface area contributed by atoms with Crippen molar-refractivity contribution in [2.45, 2.75) is 150 Å². The van der Waals surface area contributed by atoms with Crippen molar-refractivity contribution in [1.82, 2.24) is 0 Å². The van der Waals surface area contributed by atoms with E-state index in [9.17, 15) is 13.2 Å². The summed E-state index contributed by atoms with van der Waals surface area (Å²) in [5.74, 6) is -3.90. The van der Waals surface area contributed by atoms with Gasteiger partial charge >= 0.3 is 0 Å². The molecule has 0 spiro atoms. The fourth-order valence-corrected chi connectivity index (χ4v) is 4.66. The van der Waals surface area contributed by atoms with Gasteiger partial charge in [-0.1, -0.05) is 58.3 Å². The van der Waals surface area contributed by atoms with Crippen LogP contribution in [0.1, 0.15) is 125 Å². The molecule has 1 aromatic carbocycles. The predicted octanol–water partition coefficient (Wildman–Crippen LogP) is 9.50. The zero-order valence-electron chi connectivity index (χ0n) is 23.8. The molecule has 0 aromatic heterocycles. The molecule has 0 radical (unpaired) electrons. The van der Waals surface area contributed by atoms with Crippen LogP contribution in [-0.4, -0.2) is 24.3 Å². The molecule has 0 N–H and O–H groups in total. The highest BCUT2D eigenvalue weighted by atomic mass is 19.2. The zero-order valence-corrected chi connectivity index (χ0v) is 23.8. The van der Waals surface area contributed by atoms with E-state index in [1.165, 1.54) is 32.1 Å². The number of benzene rings is 1. The van der Waals surface area contributed by atoms with Crippen LogP contribution in [0.25, 0.3) is 0 Å². The van der Waals surface area contributed by atoms with Crippen LogP contribution in [0.2, 0.25) is 0 Å². The van der Waals surface area contributed by atoms with Gasteiger partial charge in [0.25, 0.3) is 5.97 Å². The second kappa shape index (κ2) is 17.4. The van der Waals surface area contributed by atoms with Crippen LogP contribution in [0.15, 0.2) is 12.1 Å². The lowest BCUT2D eigenvalue weighted by Crippen LogP contribution is -2.50. The first-order valence-electron chi connectivity index (χ1n) is 14.2. The van der Waals surface area contributed by atoms with Crippen LogP contribution < -0.4 is 0 Å². The molecule has 36 heavy (non-hydrogen) atoms. The van der Waals surface area contributed by atoms with Gasteiger partial charge in [-0.25, -0.2) is 13.2 Å². The van der Waals surface area contributed by atoms with E-state index in [0.29, 0.717) is 18.9 Å². The van der Waals surface area contributed by atoms with Crippen molar-refractivity contribution >= 4 is 0 Å². The van der Waals surface area contributed by atoms with Crippen LogP contribution in [-0.2, 0) is 20.6 Å². The number of aryl methyl sites for hydroxylation is 1. The summed E-state index contributed by atoms with van der Waals surface area (Å²) < 4.78 is 59.9. The monoisotopic (exact) mass is 516 g/mol. The fraction of sp³-hybridized carbons (Fsp3) is 0.800. The lowest BCUT2D eigenvalue weighted by molar-refractivity contribution is -0.433. The Bertz CT molecular complexity index is 695. The van der Waals surface area contributed by atoms with E-state index in [0.717, 1.165) is 38.2 Å². The van der Waals surface area contributed by atoms with Crippen molar-refractivity contribution in [3.63, 3.8) is 0 Å². The van der Waals surface area contributed by atoms with Crippen LogP contribution in [0, 0.1) is 23.4 Å². The summed E-state index contributed by atoms with van der Waals surface area (Å²) in [5, 5.41) is 0. The Morgan fingerprint density at radius 2 is 1.06 bits per heavy atom. The number of unbranched alkanes of at least 4 members (excludes halogenated alkanes) is 7. The molecular weight excluding hydrogens is 465 g/mol. The summed E-state index contributed by atoms with van der Waals surface area (Å²) in [6.07, 6.45) is 11.7. The molecule has 0 amide bonds. The minimum atomic E-state index is -1.15. The molecule has 0 aliphatic carbocycles. The van der Waals surface area contributed by atoms with E-state index in [1.54, 1.807) is 0 Å². The van der Waals surface area contributed by atoms with Crippen molar-refractivity contribution in [3.8, 4) is 0 Å². The smallest absolute Gasteiger partial charge is 0.286 e. The third kappa shape index (κ3) is 12.4. The van der Waals surface area contributed by atoms with Crippen LogP contribution in [0.5, 0.6) is 0 Å². The molecule has 0 fully saturated rings. The fourth-order valence-electron chi connectivity index (χ4n) is 4.66. The number of hydrogen-bond donors (Lipinski definition) is 0. The minimum Gasteiger partial charge on any atom is -0.324 e. The maximum atomic E-state index is 14.0. The van der Waals surface area contributed by atoms with E-state index in [-0.39, 0.29) is 29.8 Å². The minimum absolute atomic E-state index is 0.0517. The molecule has 3 nitrogen and oxygen atoms in total. The molecule has 0 saturated carbocycles. The van der Waals surface area contributed by atoms with Crippen molar-refractivity contribution in [2.75, 3.05) is 0 Å². The van der Waals surface area contributed by atoms with E-state index >= 15 is 0 Å². The Kier molecular flexibility index (Phi) is 15.9. The summed E-state index contributed by atoms with van der Waals surface area (Å²) in [5.41, 5.74) is 0.223. The average molecular weight is 517 g/mol. The first-order valence-corrected chi connectivity index (χ1v) is 14.2. The lowest BCUT2D eigenvalue weighted by Gasteiger charge is -2.43. The van der Waals surface area contributed by atoms with E-state index < -0.39 is 23.4 Å². The molecule has 1 aromatic rings. The second-order valence-electron chi connectivity index (χ2n) is 10.8. The Labute approximate surface area is 218 Å². The van der Waals surface area contributed by atoms with Crippen molar-refractivity contribution in [2.24, 2.45) is 5.92 Å². The highest BCUT2D eigenvalue weighted by molar-refractivity contribution is 5.20. The number of hydrogen-bond acceptors (Lipinski definition) is 3. The molecule has 0 bridgehead atoms. The van der Waals surface area contributed by atoms with Gasteiger partial charge in [0.1, 0.15) is 5.82 Å². The van der Waals surface area contributed by atoms with Crippen molar-refractivity contribution < 1.29 is 27.4 Å². The largest absolute Gasteiger partial charge is 0.324 e. The maximum absolute atomic E-state index is 14.0. The van der Waals surface area contributed by atoms with E-state index in [1.807, 2.05) is 41.5 Å². The Balaban J connectivity index is 2.88. The summed E-state index contributed by atoms with van der Waals surface area (Å²) in [4.78, 5) is 0. The highest BCUT2D eigenvalue weighted by Gasteiger charge is 2.44. The van der Waals surface area contributed by atoms with Gasteiger partial charge in [-0.3, -0.25) is 0 Å². The number of rotatable bonds is 20. The first kappa shape index (κ1) is 32.9. The van der Waals surface area contributed by atoms with Gasteiger partial charge < -0.3 is 14.2 Å².